The van der Waals surface area contributed by atoms with Gasteiger partial charge in [0.05, 0.1) is 11.9 Å². The Bertz CT molecular complexity index is 476. The first kappa shape index (κ1) is 47.9. The Morgan fingerprint density at radius 3 is 1.25 bits per heavy atom. The zero-order valence-corrected chi connectivity index (χ0v) is 26.5. The third kappa shape index (κ3) is 28.3. The average molecular weight is 449 g/mol. The molecule has 0 saturated heterocycles. The molecule has 0 rings (SSSR count). The first-order valence-corrected chi connectivity index (χ1v) is 5.81. The van der Waals surface area contributed by atoms with Gasteiger partial charge in [-0.3, -0.25) is 0 Å². The fraction of sp³-hybridized carbons (Fsp3) is 0.545. The van der Waals surface area contributed by atoms with Gasteiger partial charge in [0.25, 0.3) is 0 Å². The number of carbonyl (C=O) groups excluding carboxylic acids is 5. The van der Waals surface area contributed by atoms with Gasteiger partial charge in [-0.25, -0.2) is 0 Å². The summed E-state index contributed by atoms with van der Waals surface area (Å²) in [6.45, 7) is 0. The summed E-state index contributed by atoms with van der Waals surface area (Å²) in [6, 6.07) is -1.21. The first-order valence-electron chi connectivity index (χ1n) is 5.81. The number of aliphatic carboxylic acids is 5. The molecule has 0 spiro atoms. The van der Waals surface area contributed by atoms with E-state index in [4.69, 9.17) is 10.8 Å². The molecule has 0 aromatic carbocycles. The topological polar surface area (TPSA) is 247 Å². The third-order valence-corrected chi connectivity index (χ3v) is 2.22. The fourth-order valence-electron chi connectivity index (χ4n) is 1.08. The van der Waals surface area contributed by atoms with Crippen LogP contribution in [-0.4, -0.2) is 46.6 Å². The SMILES string of the molecule is N[C@@H](CCC(=O)[O-])C(=O)[O-].O=C([O-])CC(O)(CC(=O)[O-])C(=O)[O-].[Na+].[Na+].[Na+].[Na+].[Na+]. The number of hydrogen-bond donors (Lipinski definition) is 2. The quantitative estimate of drug-likeness (QED) is 0.311. The summed E-state index contributed by atoms with van der Waals surface area (Å²) in [5.74, 6) is -8.74. The first-order chi connectivity index (χ1) is 10.3. The molecule has 0 aliphatic rings. The van der Waals surface area contributed by atoms with Crippen molar-refractivity contribution in [1.82, 2.24) is 0 Å². The molecule has 1 atom stereocenters. The van der Waals surface area contributed by atoms with Crippen molar-refractivity contribution in [3.05, 3.63) is 0 Å². The van der Waals surface area contributed by atoms with Crippen LogP contribution in [0.5, 0.6) is 0 Å². The monoisotopic (exact) mass is 449 g/mol. The summed E-state index contributed by atoms with van der Waals surface area (Å²) in [5, 5.41) is 58.5. The molecule has 0 radical (unpaired) electrons. The van der Waals surface area contributed by atoms with Crippen molar-refractivity contribution in [3.63, 3.8) is 0 Å². The third-order valence-electron chi connectivity index (χ3n) is 2.22. The van der Waals surface area contributed by atoms with E-state index in [1.807, 2.05) is 0 Å². The van der Waals surface area contributed by atoms with Crippen molar-refractivity contribution >= 4 is 29.8 Å². The Morgan fingerprint density at radius 1 is 0.750 bits per heavy atom. The second kappa shape index (κ2) is 25.5. The summed E-state index contributed by atoms with van der Waals surface area (Å²) in [6.07, 6.45) is -3.22. The van der Waals surface area contributed by atoms with Crippen LogP contribution in [0.3, 0.4) is 0 Å². The summed E-state index contributed by atoms with van der Waals surface area (Å²) in [4.78, 5) is 49.6. The molecule has 0 amide bonds. The molecule has 17 heteroatoms. The normalized spacial score (nSPS) is 9.50. The van der Waals surface area contributed by atoms with Gasteiger partial charge in [0, 0.05) is 36.8 Å². The van der Waals surface area contributed by atoms with Gasteiger partial charge in [0.15, 0.2) is 0 Å². The van der Waals surface area contributed by atoms with E-state index in [9.17, 15) is 49.5 Å². The molecule has 12 nitrogen and oxygen atoms in total. The number of carboxylic acid groups (broad SMARTS) is 5. The Hall–Kier alpha value is 2.27. The fourth-order valence-corrected chi connectivity index (χ4v) is 1.08. The van der Waals surface area contributed by atoms with Crippen molar-refractivity contribution in [2.24, 2.45) is 5.73 Å². The number of hydrogen-bond acceptors (Lipinski definition) is 12. The van der Waals surface area contributed by atoms with Crippen LogP contribution in [0.25, 0.3) is 0 Å². The van der Waals surface area contributed by atoms with Crippen LogP contribution in [0.4, 0.5) is 0 Å². The molecule has 0 bridgehead atoms. The van der Waals surface area contributed by atoms with E-state index in [-0.39, 0.29) is 161 Å². The second-order valence-electron chi connectivity index (χ2n) is 4.25. The zero-order chi connectivity index (χ0) is 18.8. The van der Waals surface area contributed by atoms with E-state index in [1.54, 1.807) is 0 Å². The molecule has 28 heavy (non-hydrogen) atoms. The van der Waals surface area contributed by atoms with Crippen molar-refractivity contribution in [2.45, 2.75) is 37.3 Å². The van der Waals surface area contributed by atoms with Crippen molar-refractivity contribution in [1.29, 1.82) is 0 Å². The predicted octanol–water partition coefficient (Wildman–Crippen LogP) is -23.6. The molecule has 0 aromatic heterocycles. The van der Waals surface area contributed by atoms with Crippen LogP contribution in [0.15, 0.2) is 0 Å². The minimum Gasteiger partial charge on any atom is -0.550 e. The van der Waals surface area contributed by atoms with Gasteiger partial charge < -0.3 is 60.3 Å². The molecular weight excluding hydrogens is 437 g/mol. The van der Waals surface area contributed by atoms with Crippen molar-refractivity contribution < 1.29 is 202 Å². The molecule has 132 valence electrons. The number of carboxylic acids is 5. The van der Waals surface area contributed by atoms with E-state index >= 15 is 0 Å². The van der Waals surface area contributed by atoms with Crippen LogP contribution in [0.2, 0.25) is 0 Å². The molecule has 0 fully saturated rings. The van der Waals surface area contributed by atoms with Gasteiger partial charge in [-0.05, 0) is 12.8 Å². The largest absolute Gasteiger partial charge is 1.00 e. The van der Waals surface area contributed by atoms with E-state index in [0.29, 0.717) is 0 Å². The Kier molecular flexibility index (Phi) is 43.7. The molecule has 3 N–H and O–H groups in total. The van der Waals surface area contributed by atoms with Crippen molar-refractivity contribution in [3.8, 4) is 0 Å². The minimum atomic E-state index is -2.97. The molecule has 0 heterocycles. The van der Waals surface area contributed by atoms with Gasteiger partial charge in [0.1, 0.15) is 5.60 Å². The van der Waals surface area contributed by atoms with Crippen LogP contribution >= 0.6 is 0 Å². The average Bonchev–Trinajstić information content (AvgIpc) is 2.34. The maximum Gasteiger partial charge on any atom is 1.00 e. The standard InChI is InChI=1S/C6H8O7.C5H9NO4.5Na/c7-3(8)1-6(13,5(11)12)2-4(9)10;6-3(5(9)10)1-2-4(7)8;;;;;/h13H,1-2H2,(H,7,8)(H,9,10)(H,11,12);3H,1-2,6H2,(H,7,8)(H,9,10);;;;;/q;;5*+1/p-5/t;3-;;;;;/m.0...../s1. The number of nitrogens with two attached hydrogens (primary N) is 1. The Morgan fingerprint density at radius 2 is 1.07 bits per heavy atom. The smallest absolute Gasteiger partial charge is 0.550 e. The van der Waals surface area contributed by atoms with Crippen LogP contribution < -0.4 is 179 Å². The van der Waals surface area contributed by atoms with Crippen molar-refractivity contribution in [2.75, 3.05) is 0 Å². The van der Waals surface area contributed by atoms with Gasteiger partial charge in [-0.2, -0.15) is 0 Å². The second-order valence-corrected chi connectivity index (χ2v) is 4.25. The maximum absolute atomic E-state index is 10.1. The number of rotatable bonds is 9. The van der Waals surface area contributed by atoms with Gasteiger partial charge >= 0.3 is 148 Å². The molecule has 0 unspecified atom stereocenters. The molecule has 0 aromatic rings. The maximum atomic E-state index is 10.1. The van der Waals surface area contributed by atoms with E-state index in [2.05, 4.69) is 0 Å². The van der Waals surface area contributed by atoms with E-state index < -0.39 is 54.3 Å². The molecule has 0 aliphatic carbocycles. The van der Waals surface area contributed by atoms with Crippen LogP contribution in [0, 0.1) is 0 Å². The van der Waals surface area contributed by atoms with Gasteiger partial charge in [0.2, 0.25) is 0 Å². The summed E-state index contributed by atoms with van der Waals surface area (Å²) in [7, 11) is 0. The van der Waals surface area contributed by atoms with E-state index in [0.717, 1.165) is 0 Å². The van der Waals surface area contributed by atoms with Gasteiger partial charge in [-0.1, -0.05) is 0 Å². The molecule has 0 saturated carbocycles. The molecular formula is C11H12NNa5O11. The predicted molar refractivity (Wildman–Crippen MR) is 56.4 cm³/mol. The Labute approximate surface area is 270 Å². The number of carbonyl (C=O) groups is 5. The molecule has 0 aliphatic heterocycles. The Balaban J connectivity index is -0.0000000546. The summed E-state index contributed by atoms with van der Waals surface area (Å²) >= 11 is 0. The minimum absolute atomic E-state index is 0. The van der Waals surface area contributed by atoms with E-state index in [1.165, 1.54) is 0 Å². The van der Waals surface area contributed by atoms with Gasteiger partial charge in [-0.15, -0.1) is 0 Å². The van der Waals surface area contributed by atoms with Crippen LogP contribution in [-0.2, 0) is 24.0 Å². The summed E-state index contributed by atoms with van der Waals surface area (Å²) < 4.78 is 0. The van der Waals surface area contributed by atoms with Crippen LogP contribution in [0.1, 0.15) is 25.7 Å². The number of aliphatic hydroxyl groups is 1. The summed E-state index contributed by atoms with van der Waals surface area (Å²) in [5.41, 5.74) is 1.94. The zero-order valence-electron chi connectivity index (χ0n) is 16.5.